The van der Waals surface area contributed by atoms with Crippen molar-refractivity contribution in [3.8, 4) is 0 Å². The Hall–Kier alpha value is -1.58. The number of carbonyl (C=O) groups is 2. The predicted molar refractivity (Wildman–Crippen MR) is 72.5 cm³/mol. The Kier molecular flexibility index (Phi) is 12.4. The summed E-state index contributed by atoms with van der Waals surface area (Å²) in [4.78, 5) is 19.8. The van der Waals surface area contributed by atoms with Crippen LogP contribution in [0.1, 0.15) is 46.0 Å². The van der Waals surface area contributed by atoms with E-state index in [4.69, 9.17) is 10.2 Å². The normalized spacial score (nSPS) is 10.8. The van der Waals surface area contributed by atoms with Gasteiger partial charge in [0.25, 0.3) is 0 Å². The summed E-state index contributed by atoms with van der Waals surface area (Å²) < 4.78 is 0. The third kappa shape index (κ3) is 12.5. The second-order valence-corrected chi connectivity index (χ2v) is 4.07. The van der Waals surface area contributed by atoms with E-state index in [1.54, 1.807) is 0 Å². The maximum atomic E-state index is 10.5. The molecule has 0 aromatic rings. The van der Waals surface area contributed by atoms with Gasteiger partial charge in [-0.1, -0.05) is 52.7 Å². The molecule has 0 aliphatic rings. The van der Waals surface area contributed by atoms with Crippen LogP contribution >= 0.6 is 0 Å². The molecular weight excluding hydrogens is 232 g/mol. The second-order valence-electron chi connectivity index (χ2n) is 4.07. The summed E-state index contributed by atoms with van der Waals surface area (Å²) in [6.45, 7) is 10.8. The monoisotopic (exact) mass is 256 g/mol. The Bertz CT molecular complexity index is 282. The first kappa shape index (κ1) is 18.8. The summed E-state index contributed by atoms with van der Waals surface area (Å²) >= 11 is 0. The number of aliphatic carboxylic acids is 2. The molecule has 2 N–H and O–H groups in total. The summed E-state index contributed by atoms with van der Waals surface area (Å²) in [5, 5.41) is 16.3. The van der Waals surface area contributed by atoms with Crippen molar-refractivity contribution in [3.05, 3.63) is 24.8 Å². The van der Waals surface area contributed by atoms with Gasteiger partial charge in [-0.25, -0.2) is 9.59 Å². The summed E-state index contributed by atoms with van der Waals surface area (Å²) in [6.07, 6.45) is 6.01. The third-order valence-corrected chi connectivity index (χ3v) is 2.56. The van der Waals surface area contributed by atoms with E-state index >= 15 is 0 Å². The van der Waals surface area contributed by atoms with Gasteiger partial charge >= 0.3 is 11.9 Å². The first-order chi connectivity index (χ1) is 8.38. The Morgan fingerprint density at radius 2 is 1.78 bits per heavy atom. The van der Waals surface area contributed by atoms with Crippen LogP contribution in [0.25, 0.3) is 0 Å². The lowest BCUT2D eigenvalue weighted by atomic mass is 9.92. The molecule has 1 atom stereocenters. The van der Waals surface area contributed by atoms with Crippen molar-refractivity contribution in [3.63, 3.8) is 0 Å². The Balaban J connectivity index is 0. The van der Waals surface area contributed by atoms with Gasteiger partial charge in [0.1, 0.15) is 0 Å². The number of hydrogen-bond donors (Lipinski definition) is 2. The topological polar surface area (TPSA) is 74.6 Å². The number of rotatable bonds is 8. The Labute approximate surface area is 109 Å². The molecule has 0 aromatic carbocycles. The summed E-state index contributed by atoms with van der Waals surface area (Å²) in [5.74, 6) is -1.33. The minimum Gasteiger partial charge on any atom is -0.478 e. The molecule has 0 spiro atoms. The minimum atomic E-state index is -0.981. The highest BCUT2D eigenvalue weighted by molar-refractivity contribution is 5.85. The molecule has 0 saturated heterocycles. The fraction of sp³-hybridized carbons (Fsp3) is 0.571. The molecule has 0 bridgehead atoms. The molecule has 4 nitrogen and oxygen atoms in total. The maximum absolute atomic E-state index is 10.5. The molecule has 104 valence electrons. The predicted octanol–water partition coefficient (Wildman–Crippen LogP) is 3.49. The van der Waals surface area contributed by atoms with Crippen molar-refractivity contribution in [1.82, 2.24) is 0 Å². The van der Waals surface area contributed by atoms with Crippen LogP contribution in [0.3, 0.4) is 0 Å². The highest BCUT2D eigenvalue weighted by Crippen LogP contribution is 2.20. The first-order valence-electron chi connectivity index (χ1n) is 6.15. The van der Waals surface area contributed by atoms with E-state index in [2.05, 4.69) is 27.0 Å². The van der Waals surface area contributed by atoms with Crippen LogP contribution in [0.5, 0.6) is 0 Å². The molecule has 0 radical (unpaired) electrons. The molecule has 0 heterocycles. The standard InChI is InChI=1S/C11H20O2.C3H4O2/c1-4-6-7-10(5-2)8-9(3)11(12)13;1-2-3(4)5/h10H,3-8H2,1-2H3,(H,12,13);2H,1H2,(H,4,5). The average Bonchev–Trinajstić information content (AvgIpc) is 2.34. The van der Waals surface area contributed by atoms with Gasteiger partial charge in [-0.2, -0.15) is 0 Å². The van der Waals surface area contributed by atoms with E-state index in [1.165, 1.54) is 12.8 Å². The van der Waals surface area contributed by atoms with Gasteiger partial charge in [0.05, 0.1) is 0 Å². The molecule has 0 saturated carbocycles. The van der Waals surface area contributed by atoms with Crippen LogP contribution in [0, 0.1) is 5.92 Å². The van der Waals surface area contributed by atoms with Crippen molar-refractivity contribution in [2.45, 2.75) is 46.0 Å². The number of unbranched alkanes of at least 4 members (excludes halogenated alkanes) is 1. The quantitative estimate of drug-likeness (QED) is 0.652. The van der Waals surface area contributed by atoms with Crippen LogP contribution in [0.2, 0.25) is 0 Å². The van der Waals surface area contributed by atoms with E-state index in [0.29, 0.717) is 17.9 Å². The SMILES string of the molecule is C=C(CC(CC)CCCC)C(=O)O.C=CC(=O)O. The van der Waals surface area contributed by atoms with Gasteiger partial charge in [-0.05, 0) is 12.3 Å². The van der Waals surface area contributed by atoms with Gasteiger partial charge < -0.3 is 10.2 Å². The molecule has 0 rings (SSSR count). The largest absolute Gasteiger partial charge is 0.478 e. The molecule has 0 aliphatic carbocycles. The van der Waals surface area contributed by atoms with Crippen LogP contribution in [0.15, 0.2) is 24.8 Å². The lowest BCUT2D eigenvalue weighted by Gasteiger charge is -2.13. The zero-order valence-corrected chi connectivity index (χ0v) is 11.3. The van der Waals surface area contributed by atoms with Gasteiger partial charge in [0, 0.05) is 11.6 Å². The number of carboxylic acids is 2. The summed E-state index contributed by atoms with van der Waals surface area (Å²) in [6, 6.07) is 0. The van der Waals surface area contributed by atoms with Gasteiger partial charge in [0.15, 0.2) is 0 Å². The zero-order chi connectivity index (χ0) is 14.6. The lowest BCUT2D eigenvalue weighted by Crippen LogP contribution is -2.06. The summed E-state index contributed by atoms with van der Waals surface area (Å²) in [7, 11) is 0. The van der Waals surface area contributed by atoms with Crippen molar-refractivity contribution < 1.29 is 19.8 Å². The van der Waals surface area contributed by atoms with Crippen molar-refractivity contribution in [2.75, 3.05) is 0 Å². The van der Waals surface area contributed by atoms with E-state index in [1.807, 2.05) is 0 Å². The maximum Gasteiger partial charge on any atom is 0.330 e. The third-order valence-electron chi connectivity index (χ3n) is 2.56. The Morgan fingerprint density at radius 3 is 2.06 bits per heavy atom. The Morgan fingerprint density at radius 1 is 1.28 bits per heavy atom. The van der Waals surface area contributed by atoms with Crippen molar-refractivity contribution in [1.29, 1.82) is 0 Å². The fourth-order valence-corrected chi connectivity index (χ4v) is 1.38. The zero-order valence-electron chi connectivity index (χ0n) is 11.3. The molecule has 0 aromatic heterocycles. The van der Waals surface area contributed by atoms with Gasteiger partial charge in [-0.15, -0.1) is 0 Å². The number of carboxylic acid groups (broad SMARTS) is 2. The second kappa shape index (κ2) is 11.9. The molecule has 18 heavy (non-hydrogen) atoms. The molecule has 1 unspecified atom stereocenters. The highest BCUT2D eigenvalue weighted by Gasteiger charge is 2.11. The van der Waals surface area contributed by atoms with Crippen LogP contribution in [-0.4, -0.2) is 22.2 Å². The van der Waals surface area contributed by atoms with Crippen molar-refractivity contribution in [2.24, 2.45) is 5.92 Å². The lowest BCUT2D eigenvalue weighted by molar-refractivity contribution is -0.133. The molecule has 4 heteroatoms. The number of hydrogen-bond acceptors (Lipinski definition) is 2. The highest BCUT2D eigenvalue weighted by atomic mass is 16.4. The molecule has 0 fully saturated rings. The van der Waals surface area contributed by atoms with Gasteiger partial charge in [-0.3, -0.25) is 0 Å². The van der Waals surface area contributed by atoms with E-state index in [9.17, 15) is 9.59 Å². The van der Waals surface area contributed by atoms with E-state index in [-0.39, 0.29) is 0 Å². The van der Waals surface area contributed by atoms with Crippen LogP contribution in [-0.2, 0) is 9.59 Å². The molecular formula is C14H24O4. The van der Waals surface area contributed by atoms with E-state index in [0.717, 1.165) is 18.9 Å². The smallest absolute Gasteiger partial charge is 0.330 e. The molecule has 0 amide bonds. The van der Waals surface area contributed by atoms with Gasteiger partial charge in [0.2, 0.25) is 0 Å². The van der Waals surface area contributed by atoms with E-state index < -0.39 is 11.9 Å². The van der Waals surface area contributed by atoms with Crippen LogP contribution < -0.4 is 0 Å². The average molecular weight is 256 g/mol. The fourth-order valence-electron chi connectivity index (χ4n) is 1.38. The summed E-state index contributed by atoms with van der Waals surface area (Å²) in [5.41, 5.74) is 0.350. The minimum absolute atomic E-state index is 0.350. The van der Waals surface area contributed by atoms with Crippen LogP contribution in [0.4, 0.5) is 0 Å². The molecule has 0 aliphatic heterocycles. The first-order valence-corrected chi connectivity index (χ1v) is 6.15. The van der Waals surface area contributed by atoms with Crippen molar-refractivity contribution >= 4 is 11.9 Å².